The van der Waals surface area contributed by atoms with Crippen LogP contribution in [-0.2, 0) is 11.3 Å². The molecule has 0 radical (unpaired) electrons. The maximum Gasteiger partial charge on any atom is 0.209 e. The number of aromatic nitrogens is 1. The number of hydrogen-bond donors (Lipinski definition) is 0. The fraction of sp³-hybridized carbons (Fsp3) is 0.250. The van der Waals surface area contributed by atoms with E-state index < -0.39 is 0 Å². The summed E-state index contributed by atoms with van der Waals surface area (Å²) in [5, 5.41) is 0.712. The Morgan fingerprint density at radius 1 is 1.08 bits per heavy atom. The number of ether oxygens (including phenoxy) is 1. The van der Waals surface area contributed by atoms with Crippen molar-refractivity contribution in [3.8, 4) is 11.3 Å². The predicted molar refractivity (Wildman–Crippen MR) is 97.4 cm³/mol. The Morgan fingerprint density at radius 3 is 2.68 bits per heavy atom. The smallest absolute Gasteiger partial charge is 0.209 e. The molecule has 1 fully saturated rings. The molecular formula is C20H19ClN2O2. The molecule has 1 aliphatic heterocycles. The molecule has 4 nitrogen and oxygen atoms in total. The summed E-state index contributed by atoms with van der Waals surface area (Å²) in [6.07, 6.45) is 1.87. The molecule has 4 rings (SSSR count). The van der Waals surface area contributed by atoms with Crippen LogP contribution in [-0.4, -0.2) is 29.6 Å². The zero-order valence-electron chi connectivity index (χ0n) is 13.8. The number of hydrogen-bond acceptors (Lipinski definition) is 4. The van der Waals surface area contributed by atoms with Gasteiger partial charge in [0.1, 0.15) is 0 Å². The summed E-state index contributed by atoms with van der Waals surface area (Å²) in [6.45, 7) is 3.11. The van der Waals surface area contributed by atoms with E-state index in [1.807, 2.05) is 42.5 Å². The number of rotatable bonds is 4. The standard InChI is InChI=1S/C20H19ClN2O2/c21-17-8-6-16(7-9-17)18-12-22-20(25-18)14-23-10-11-24-19(13-23)15-4-2-1-3-5-15/h1-9,12,19H,10-11,13-14H2. The maximum absolute atomic E-state index is 5.93. The maximum atomic E-state index is 5.93. The van der Waals surface area contributed by atoms with Crippen molar-refractivity contribution >= 4 is 11.6 Å². The minimum Gasteiger partial charge on any atom is -0.439 e. The second kappa shape index (κ2) is 7.40. The van der Waals surface area contributed by atoms with E-state index in [-0.39, 0.29) is 6.10 Å². The second-order valence-corrected chi connectivity index (χ2v) is 6.57. The van der Waals surface area contributed by atoms with Crippen LogP contribution in [0.4, 0.5) is 0 Å². The van der Waals surface area contributed by atoms with Crippen LogP contribution in [0.3, 0.4) is 0 Å². The van der Waals surface area contributed by atoms with Gasteiger partial charge in [0.15, 0.2) is 5.76 Å². The summed E-state index contributed by atoms with van der Waals surface area (Å²) in [5.41, 5.74) is 2.19. The number of oxazole rings is 1. The average Bonchev–Trinajstić information content (AvgIpc) is 3.12. The summed E-state index contributed by atoms with van der Waals surface area (Å²) in [4.78, 5) is 6.74. The van der Waals surface area contributed by atoms with E-state index in [0.29, 0.717) is 18.2 Å². The van der Waals surface area contributed by atoms with E-state index in [9.17, 15) is 0 Å². The van der Waals surface area contributed by atoms with Crippen molar-refractivity contribution in [2.24, 2.45) is 0 Å². The molecule has 2 aromatic carbocycles. The van der Waals surface area contributed by atoms with E-state index >= 15 is 0 Å². The summed E-state index contributed by atoms with van der Waals surface area (Å²) in [6, 6.07) is 17.9. The Balaban J connectivity index is 1.43. The molecule has 1 aromatic heterocycles. The summed E-state index contributed by atoms with van der Waals surface area (Å²) < 4.78 is 11.8. The largest absolute Gasteiger partial charge is 0.439 e. The van der Waals surface area contributed by atoms with Gasteiger partial charge in [-0.3, -0.25) is 4.90 Å². The van der Waals surface area contributed by atoms with Crippen molar-refractivity contribution in [2.75, 3.05) is 19.7 Å². The van der Waals surface area contributed by atoms with Gasteiger partial charge in [0.25, 0.3) is 0 Å². The van der Waals surface area contributed by atoms with Crippen molar-refractivity contribution in [2.45, 2.75) is 12.6 Å². The highest BCUT2D eigenvalue weighted by Crippen LogP contribution is 2.25. The topological polar surface area (TPSA) is 38.5 Å². The molecule has 25 heavy (non-hydrogen) atoms. The fourth-order valence-corrected chi connectivity index (χ4v) is 3.16. The predicted octanol–water partition coefficient (Wildman–Crippen LogP) is 4.57. The van der Waals surface area contributed by atoms with Gasteiger partial charge >= 0.3 is 0 Å². The van der Waals surface area contributed by atoms with Crippen molar-refractivity contribution < 1.29 is 9.15 Å². The Morgan fingerprint density at radius 2 is 1.88 bits per heavy atom. The molecular weight excluding hydrogens is 336 g/mol. The van der Waals surface area contributed by atoms with Crippen LogP contribution in [0.15, 0.2) is 65.2 Å². The summed E-state index contributed by atoms with van der Waals surface area (Å²) in [7, 11) is 0. The number of benzene rings is 2. The summed E-state index contributed by atoms with van der Waals surface area (Å²) >= 11 is 5.93. The molecule has 128 valence electrons. The number of morpholine rings is 1. The van der Waals surface area contributed by atoms with Gasteiger partial charge in [0, 0.05) is 23.7 Å². The normalized spacial score (nSPS) is 18.4. The van der Waals surface area contributed by atoms with Gasteiger partial charge in [0.2, 0.25) is 5.89 Å². The first-order valence-electron chi connectivity index (χ1n) is 8.37. The minimum absolute atomic E-state index is 0.0978. The Bertz CT molecular complexity index is 817. The summed E-state index contributed by atoms with van der Waals surface area (Å²) in [5.74, 6) is 1.48. The van der Waals surface area contributed by atoms with Crippen molar-refractivity contribution in [3.05, 3.63) is 77.3 Å². The Kier molecular flexibility index (Phi) is 4.83. The lowest BCUT2D eigenvalue weighted by molar-refractivity contribution is -0.0351. The van der Waals surface area contributed by atoms with Crippen LogP contribution in [0, 0.1) is 0 Å². The molecule has 1 unspecified atom stereocenters. The van der Waals surface area contributed by atoms with E-state index in [0.717, 1.165) is 30.3 Å². The molecule has 1 saturated heterocycles. The van der Waals surface area contributed by atoms with E-state index in [2.05, 4.69) is 22.0 Å². The first-order chi connectivity index (χ1) is 12.3. The van der Waals surface area contributed by atoms with Crippen LogP contribution >= 0.6 is 11.6 Å². The quantitative estimate of drug-likeness (QED) is 0.688. The van der Waals surface area contributed by atoms with Gasteiger partial charge in [-0.05, 0) is 29.8 Å². The third-order valence-corrected chi connectivity index (χ3v) is 4.62. The third kappa shape index (κ3) is 3.93. The van der Waals surface area contributed by atoms with E-state index in [1.54, 1.807) is 6.20 Å². The van der Waals surface area contributed by atoms with Crippen LogP contribution in [0.2, 0.25) is 5.02 Å². The molecule has 0 bridgehead atoms. The average molecular weight is 355 g/mol. The zero-order valence-corrected chi connectivity index (χ0v) is 14.5. The monoisotopic (exact) mass is 354 g/mol. The van der Waals surface area contributed by atoms with Gasteiger partial charge in [-0.2, -0.15) is 0 Å². The van der Waals surface area contributed by atoms with E-state index in [1.165, 1.54) is 5.56 Å². The van der Waals surface area contributed by atoms with Gasteiger partial charge in [-0.1, -0.05) is 41.9 Å². The fourth-order valence-electron chi connectivity index (χ4n) is 3.04. The highest BCUT2D eigenvalue weighted by Gasteiger charge is 2.23. The van der Waals surface area contributed by atoms with Crippen LogP contribution in [0.1, 0.15) is 17.6 Å². The van der Waals surface area contributed by atoms with Crippen molar-refractivity contribution in [1.29, 1.82) is 0 Å². The second-order valence-electron chi connectivity index (χ2n) is 6.13. The first-order valence-corrected chi connectivity index (χ1v) is 8.75. The van der Waals surface area contributed by atoms with Crippen LogP contribution < -0.4 is 0 Å². The first kappa shape index (κ1) is 16.3. The van der Waals surface area contributed by atoms with Gasteiger partial charge in [-0.15, -0.1) is 0 Å². The van der Waals surface area contributed by atoms with E-state index in [4.69, 9.17) is 20.8 Å². The molecule has 0 spiro atoms. The lowest BCUT2D eigenvalue weighted by atomic mass is 10.1. The molecule has 0 amide bonds. The van der Waals surface area contributed by atoms with Crippen molar-refractivity contribution in [1.82, 2.24) is 9.88 Å². The molecule has 2 heterocycles. The molecule has 0 aliphatic carbocycles. The Hall–Kier alpha value is -2.14. The molecule has 0 saturated carbocycles. The Labute approximate surface area is 152 Å². The number of nitrogens with zero attached hydrogens (tertiary/aromatic N) is 2. The SMILES string of the molecule is Clc1ccc(-c2cnc(CN3CCOC(c4ccccc4)C3)o2)cc1. The molecule has 1 atom stereocenters. The minimum atomic E-state index is 0.0978. The highest BCUT2D eigenvalue weighted by molar-refractivity contribution is 6.30. The molecule has 3 aromatic rings. The van der Waals surface area contributed by atoms with Gasteiger partial charge in [0.05, 0.1) is 25.5 Å². The zero-order chi connectivity index (χ0) is 17.1. The molecule has 1 aliphatic rings. The van der Waals surface area contributed by atoms with Gasteiger partial charge in [-0.25, -0.2) is 4.98 Å². The van der Waals surface area contributed by atoms with Crippen molar-refractivity contribution in [3.63, 3.8) is 0 Å². The number of halogens is 1. The molecule has 5 heteroatoms. The highest BCUT2D eigenvalue weighted by atomic mass is 35.5. The third-order valence-electron chi connectivity index (χ3n) is 4.36. The van der Waals surface area contributed by atoms with Crippen LogP contribution in [0.5, 0.6) is 0 Å². The van der Waals surface area contributed by atoms with Crippen LogP contribution in [0.25, 0.3) is 11.3 Å². The lowest BCUT2D eigenvalue weighted by Gasteiger charge is -2.32. The van der Waals surface area contributed by atoms with Gasteiger partial charge < -0.3 is 9.15 Å². The molecule has 0 N–H and O–H groups in total. The lowest BCUT2D eigenvalue weighted by Crippen LogP contribution is -2.37.